The smallest absolute Gasteiger partial charge is 0.243 e. The van der Waals surface area contributed by atoms with Gasteiger partial charge >= 0.3 is 0 Å². The van der Waals surface area contributed by atoms with Gasteiger partial charge in [0.05, 0.1) is 6.04 Å². The molecule has 1 aromatic heterocycles. The van der Waals surface area contributed by atoms with Crippen molar-refractivity contribution in [2.45, 2.75) is 51.5 Å². The summed E-state index contributed by atoms with van der Waals surface area (Å²) in [6.07, 6.45) is 5.36. The molecule has 2 fully saturated rings. The molecular weight excluding hydrogens is 214 g/mol. The molecule has 1 aromatic rings. The Balaban J connectivity index is 1.77. The van der Waals surface area contributed by atoms with E-state index in [0.717, 1.165) is 17.7 Å². The second-order valence-electron chi connectivity index (χ2n) is 6.04. The molecule has 0 aromatic carbocycles. The van der Waals surface area contributed by atoms with Crippen molar-refractivity contribution in [2.75, 3.05) is 0 Å². The highest BCUT2D eigenvalue weighted by molar-refractivity contribution is 5.07. The Hall–Kier alpha value is -0.900. The van der Waals surface area contributed by atoms with Gasteiger partial charge in [-0.2, -0.15) is 4.98 Å². The SMILES string of the molecule is CC(C)C(N)c1nc(C2CC3CCC2C3)no1. The standard InChI is InChI=1S/C13H21N3O/c1-7(2)11(14)13-15-12(16-17-13)10-6-8-3-4-9(10)5-8/h7-11H,3-6,14H2,1-2H3. The minimum Gasteiger partial charge on any atom is -0.338 e. The lowest BCUT2D eigenvalue weighted by molar-refractivity contribution is 0.316. The van der Waals surface area contributed by atoms with E-state index in [1.807, 2.05) is 0 Å². The quantitative estimate of drug-likeness (QED) is 0.874. The summed E-state index contributed by atoms with van der Waals surface area (Å²) < 4.78 is 5.32. The Morgan fingerprint density at radius 2 is 2.12 bits per heavy atom. The molecule has 1 heterocycles. The number of rotatable bonds is 3. The van der Waals surface area contributed by atoms with Gasteiger partial charge in [-0.3, -0.25) is 0 Å². The maximum Gasteiger partial charge on any atom is 0.243 e. The molecule has 2 aliphatic rings. The van der Waals surface area contributed by atoms with E-state index in [2.05, 4.69) is 24.0 Å². The monoisotopic (exact) mass is 235 g/mol. The summed E-state index contributed by atoms with van der Waals surface area (Å²) in [4.78, 5) is 4.53. The van der Waals surface area contributed by atoms with Gasteiger partial charge in [0.2, 0.25) is 5.89 Å². The number of aromatic nitrogens is 2. The van der Waals surface area contributed by atoms with E-state index in [1.54, 1.807) is 0 Å². The Morgan fingerprint density at radius 3 is 2.71 bits per heavy atom. The molecule has 0 aliphatic heterocycles. The largest absolute Gasteiger partial charge is 0.338 e. The first-order valence-corrected chi connectivity index (χ1v) is 6.74. The summed E-state index contributed by atoms with van der Waals surface area (Å²) >= 11 is 0. The van der Waals surface area contributed by atoms with Crippen LogP contribution in [0.15, 0.2) is 4.52 Å². The number of nitrogens with zero attached hydrogens (tertiary/aromatic N) is 2. The topological polar surface area (TPSA) is 64.9 Å². The third kappa shape index (κ3) is 1.88. The van der Waals surface area contributed by atoms with Crippen molar-refractivity contribution in [1.29, 1.82) is 0 Å². The first kappa shape index (κ1) is 11.2. The van der Waals surface area contributed by atoms with E-state index in [-0.39, 0.29) is 6.04 Å². The zero-order chi connectivity index (χ0) is 12.0. The lowest BCUT2D eigenvalue weighted by atomic mass is 9.88. The van der Waals surface area contributed by atoms with Crippen LogP contribution in [-0.2, 0) is 0 Å². The first-order valence-electron chi connectivity index (χ1n) is 6.74. The third-order valence-electron chi connectivity index (χ3n) is 4.53. The summed E-state index contributed by atoms with van der Waals surface area (Å²) in [6.45, 7) is 4.15. The minimum atomic E-state index is -0.130. The van der Waals surface area contributed by atoms with Crippen LogP contribution in [-0.4, -0.2) is 10.1 Å². The van der Waals surface area contributed by atoms with E-state index < -0.39 is 0 Å². The molecule has 0 saturated heterocycles. The molecule has 4 unspecified atom stereocenters. The molecule has 3 rings (SSSR count). The second-order valence-corrected chi connectivity index (χ2v) is 6.04. The Kier molecular flexibility index (Phi) is 2.69. The van der Waals surface area contributed by atoms with Crippen LogP contribution >= 0.6 is 0 Å². The summed E-state index contributed by atoms with van der Waals surface area (Å²) in [5.41, 5.74) is 6.03. The fraction of sp³-hybridized carbons (Fsp3) is 0.846. The van der Waals surface area contributed by atoms with E-state index >= 15 is 0 Å². The number of hydrogen-bond donors (Lipinski definition) is 1. The Labute approximate surface area is 102 Å². The zero-order valence-corrected chi connectivity index (χ0v) is 10.6. The van der Waals surface area contributed by atoms with E-state index in [0.29, 0.717) is 17.7 Å². The Bertz CT molecular complexity index is 401. The molecule has 2 aliphatic carbocycles. The summed E-state index contributed by atoms with van der Waals surface area (Å²) in [6, 6.07) is -0.130. The predicted molar refractivity (Wildman–Crippen MR) is 64.3 cm³/mol. The van der Waals surface area contributed by atoms with Crippen LogP contribution in [0, 0.1) is 17.8 Å². The molecule has 17 heavy (non-hydrogen) atoms. The lowest BCUT2D eigenvalue weighted by Gasteiger charge is -2.17. The highest BCUT2D eigenvalue weighted by Crippen LogP contribution is 2.52. The second kappa shape index (κ2) is 4.09. The van der Waals surface area contributed by atoms with Crippen LogP contribution in [0.25, 0.3) is 0 Å². The van der Waals surface area contributed by atoms with Crippen LogP contribution in [0.1, 0.15) is 63.2 Å². The molecule has 2 N–H and O–H groups in total. The van der Waals surface area contributed by atoms with Crippen LogP contribution in [0.4, 0.5) is 0 Å². The fourth-order valence-corrected chi connectivity index (χ4v) is 3.38. The number of fused-ring (bicyclic) bond motifs is 2. The van der Waals surface area contributed by atoms with Gasteiger partial charge in [0, 0.05) is 5.92 Å². The van der Waals surface area contributed by atoms with Crippen molar-refractivity contribution in [3.63, 3.8) is 0 Å². The molecule has 0 spiro atoms. The molecule has 0 amide bonds. The third-order valence-corrected chi connectivity index (χ3v) is 4.53. The molecule has 2 bridgehead atoms. The summed E-state index contributed by atoms with van der Waals surface area (Å²) in [5, 5.41) is 4.15. The number of hydrogen-bond acceptors (Lipinski definition) is 4. The van der Waals surface area contributed by atoms with Gasteiger partial charge in [0.1, 0.15) is 0 Å². The molecule has 4 heteroatoms. The normalized spacial score (nSPS) is 33.5. The molecule has 4 nitrogen and oxygen atoms in total. The lowest BCUT2D eigenvalue weighted by Crippen LogP contribution is -2.17. The van der Waals surface area contributed by atoms with Gasteiger partial charge in [-0.25, -0.2) is 0 Å². The van der Waals surface area contributed by atoms with Crippen LogP contribution in [0.2, 0.25) is 0 Å². The first-order chi connectivity index (χ1) is 8.15. The Morgan fingerprint density at radius 1 is 1.29 bits per heavy atom. The van der Waals surface area contributed by atoms with Gasteiger partial charge in [-0.1, -0.05) is 25.4 Å². The van der Waals surface area contributed by atoms with Gasteiger partial charge in [-0.15, -0.1) is 0 Å². The molecule has 4 atom stereocenters. The molecule has 0 radical (unpaired) electrons. The molecule has 94 valence electrons. The van der Waals surface area contributed by atoms with E-state index in [4.69, 9.17) is 10.3 Å². The average molecular weight is 235 g/mol. The maximum atomic E-state index is 6.03. The van der Waals surface area contributed by atoms with Crippen molar-refractivity contribution in [3.8, 4) is 0 Å². The highest BCUT2D eigenvalue weighted by Gasteiger charge is 2.42. The maximum absolute atomic E-state index is 6.03. The van der Waals surface area contributed by atoms with Crippen LogP contribution in [0.3, 0.4) is 0 Å². The fourth-order valence-electron chi connectivity index (χ4n) is 3.38. The summed E-state index contributed by atoms with van der Waals surface area (Å²) in [5.74, 6) is 4.08. The van der Waals surface area contributed by atoms with Gasteiger partial charge < -0.3 is 10.3 Å². The average Bonchev–Trinajstić information content (AvgIpc) is 3.02. The van der Waals surface area contributed by atoms with Crippen molar-refractivity contribution in [1.82, 2.24) is 10.1 Å². The molecular formula is C13H21N3O. The molecule has 2 saturated carbocycles. The van der Waals surface area contributed by atoms with Gasteiger partial charge in [0.25, 0.3) is 0 Å². The van der Waals surface area contributed by atoms with Gasteiger partial charge in [-0.05, 0) is 37.0 Å². The van der Waals surface area contributed by atoms with E-state index in [9.17, 15) is 0 Å². The van der Waals surface area contributed by atoms with Crippen molar-refractivity contribution >= 4 is 0 Å². The zero-order valence-electron chi connectivity index (χ0n) is 10.6. The highest BCUT2D eigenvalue weighted by atomic mass is 16.5. The van der Waals surface area contributed by atoms with Crippen molar-refractivity contribution in [3.05, 3.63) is 11.7 Å². The van der Waals surface area contributed by atoms with Crippen molar-refractivity contribution < 1.29 is 4.52 Å². The van der Waals surface area contributed by atoms with E-state index in [1.165, 1.54) is 25.7 Å². The number of nitrogens with two attached hydrogens (primary N) is 1. The minimum absolute atomic E-state index is 0.130. The van der Waals surface area contributed by atoms with Gasteiger partial charge in [0.15, 0.2) is 5.82 Å². The van der Waals surface area contributed by atoms with Crippen LogP contribution in [0.5, 0.6) is 0 Å². The van der Waals surface area contributed by atoms with Crippen molar-refractivity contribution in [2.24, 2.45) is 23.5 Å². The van der Waals surface area contributed by atoms with Crippen LogP contribution < -0.4 is 5.73 Å². The predicted octanol–water partition coefficient (Wildman–Crippen LogP) is 2.63. The summed E-state index contributed by atoms with van der Waals surface area (Å²) in [7, 11) is 0.